The van der Waals surface area contributed by atoms with Crippen molar-refractivity contribution in [1.82, 2.24) is 14.9 Å². The minimum absolute atomic E-state index is 0.0776. The molecule has 0 fully saturated rings. The molecule has 0 aliphatic carbocycles. The second kappa shape index (κ2) is 6.46. The fraction of sp³-hybridized carbons (Fsp3) is 0.200. The molecule has 126 valence electrons. The van der Waals surface area contributed by atoms with E-state index in [1.807, 2.05) is 19.1 Å². The van der Waals surface area contributed by atoms with E-state index in [4.69, 9.17) is 13.7 Å². The summed E-state index contributed by atoms with van der Waals surface area (Å²) in [4.78, 5) is 4.25. The predicted molar refractivity (Wildman–Crippen MR) is 84.9 cm³/mol. The maximum Gasteiger partial charge on any atom is 0.294 e. The van der Waals surface area contributed by atoms with Crippen LogP contribution in [0.4, 0.5) is 0 Å². The molecular weight excluding hydrogens is 334 g/mol. The third-order valence-corrected chi connectivity index (χ3v) is 4.47. The molecule has 3 rings (SSSR count). The van der Waals surface area contributed by atoms with Gasteiger partial charge in [-0.05, 0) is 38.2 Å². The van der Waals surface area contributed by atoms with E-state index in [1.165, 1.54) is 19.2 Å². The summed E-state index contributed by atoms with van der Waals surface area (Å²) in [6.45, 7) is 2.39. The van der Waals surface area contributed by atoms with E-state index in [-0.39, 0.29) is 16.7 Å². The number of hydrogen-bond acceptors (Lipinski definition) is 7. The highest BCUT2D eigenvalue weighted by atomic mass is 32.2. The van der Waals surface area contributed by atoms with Crippen molar-refractivity contribution in [1.29, 1.82) is 0 Å². The Kier molecular flexibility index (Phi) is 4.36. The van der Waals surface area contributed by atoms with Gasteiger partial charge in [-0.1, -0.05) is 17.3 Å². The Morgan fingerprint density at radius 3 is 2.75 bits per heavy atom. The largest absolute Gasteiger partial charge is 0.493 e. The number of rotatable bonds is 6. The van der Waals surface area contributed by atoms with Gasteiger partial charge in [0.1, 0.15) is 5.75 Å². The van der Waals surface area contributed by atoms with Gasteiger partial charge in [0.2, 0.25) is 10.9 Å². The average Bonchev–Trinajstić information content (AvgIpc) is 3.25. The normalized spacial score (nSPS) is 11.6. The minimum Gasteiger partial charge on any atom is -0.493 e. The highest BCUT2D eigenvalue weighted by Crippen LogP contribution is 2.30. The molecule has 0 amide bonds. The number of aromatic nitrogens is 2. The van der Waals surface area contributed by atoms with E-state index in [2.05, 4.69) is 14.9 Å². The molecule has 0 spiro atoms. The van der Waals surface area contributed by atoms with Gasteiger partial charge < -0.3 is 13.7 Å². The van der Waals surface area contributed by atoms with Crippen LogP contribution in [0.3, 0.4) is 0 Å². The summed E-state index contributed by atoms with van der Waals surface area (Å²) in [7, 11) is -2.37. The van der Waals surface area contributed by atoms with Crippen LogP contribution in [-0.2, 0) is 10.0 Å². The first-order valence-corrected chi connectivity index (χ1v) is 8.63. The van der Waals surface area contributed by atoms with Gasteiger partial charge in [0.05, 0.1) is 12.2 Å². The molecule has 2 heterocycles. The quantitative estimate of drug-likeness (QED) is 0.727. The molecule has 0 saturated heterocycles. The van der Waals surface area contributed by atoms with Crippen molar-refractivity contribution < 1.29 is 22.1 Å². The number of nitrogens with one attached hydrogen (secondary N) is 1. The first-order chi connectivity index (χ1) is 11.5. The standard InChI is InChI=1S/C15H15N3O5S/c1-3-21-11-7-5-4-6-10(11)14-17-15(23-18-14)12-8-9-13(22-12)24(19,20)16-2/h4-9,16H,3H2,1-2H3. The van der Waals surface area contributed by atoms with E-state index in [0.717, 1.165) is 0 Å². The van der Waals surface area contributed by atoms with Gasteiger partial charge in [-0.15, -0.1) is 0 Å². The van der Waals surface area contributed by atoms with Crippen LogP contribution in [0.1, 0.15) is 6.92 Å². The fourth-order valence-electron chi connectivity index (χ4n) is 2.05. The Hall–Kier alpha value is -2.65. The van der Waals surface area contributed by atoms with E-state index >= 15 is 0 Å². The molecule has 0 bridgehead atoms. The van der Waals surface area contributed by atoms with Crippen LogP contribution in [0.25, 0.3) is 23.0 Å². The lowest BCUT2D eigenvalue weighted by atomic mass is 10.2. The van der Waals surface area contributed by atoms with Gasteiger partial charge in [-0.25, -0.2) is 13.1 Å². The Labute approximate surface area is 138 Å². The molecule has 1 aromatic carbocycles. The van der Waals surface area contributed by atoms with E-state index < -0.39 is 10.0 Å². The lowest BCUT2D eigenvalue weighted by molar-refractivity contribution is 0.341. The Bertz CT molecular complexity index is 945. The Morgan fingerprint density at radius 1 is 1.21 bits per heavy atom. The SMILES string of the molecule is CCOc1ccccc1-c1noc(-c2ccc(S(=O)(=O)NC)o2)n1. The molecule has 1 N–H and O–H groups in total. The molecule has 0 saturated carbocycles. The molecule has 3 aromatic rings. The van der Waals surface area contributed by atoms with Gasteiger partial charge >= 0.3 is 0 Å². The molecule has 0 unspecified atom stereocenters. The summed E-state index contributed by atoms with van der Waals surface area (Å²) in [5, 5.41) is 3.68. The van der Waals surface area contributed by atoms with Crippen LogP contribution < -0.4 is 9.46 Å². The molecule has 0 aliphatic rings. The van der Waals surface area contributed by atoms with Crippen LogP contribution in [-0.4, -0.2) is 32.2 Å². The van der Waals surface area contributed by atoms with Crippen molar-refractivity contribution in [3.8, 4) is 28.8 Å². The van der Waals surface area contributed by atoms with E-state index in [9.17, 15) is 8.42 Å². The number of nitrogens with zero attached hydrogens (tertiary/aromatic N) is 2. The topological polar surface area (TPSA) is 107 Å². The smallest absolute Gasteiger partial charge is 0.294 e. The zero-order chi connectivity index (χ0) is 17.2. The van der Waals surface area contributed by atoms with Gasteiger partial charge in [-0.2, -0.15) is 4.98 Å². The molecule has 9 heteroatoms. The average molecular weight is 349 g/mol. The van der Waals surface area contributed by atoms with Crippen molar-refractivity contribution in [3.63, 3.8) is 0 Å². The Morgan fingerprint density at radius 2 is 2.00 bits per heavy atom. The second-order valence-corrected chi connectivity index (χ2v) is 6.50. The maximum absolute atomic E-state index is 11.7. The summed E-state index contributed by atoms with van der Waals surface area (Å²) >= 11 is 0. The summed E-state index contributed by atoms with van der Waals surface area (Å²) < 4.78 is 41.6. The van der Waals surface area contributed by atoms with Gasteiger partial charge in [0, 0.05) is 0 Å². The first-order valence-electron chi connectivity index (χ1n) is 7.15. The number of benzene rings is 1. The molecule has 0 radical (unpaired) electrons. The zero-order valence-electron chi connectivity index (χ0n) is 13.0. The molecular formula is C15H15N3O5S. The number of sulfonamides is 1. The van der Waals surface area contributed by atoms with E-state index in [0.29, 0.717) is 23.7 Å². The molecule has 24 heavy (non-hydrogen) atoms. The molecule has 0 atom stereocenters. The second-order valence-electron chi connectivity index (χ2n) is 4.68. The number of ether oxygens (including phenoxy) is 1. The van der Waals surface area contributed by atoms with Crippen LogP contribution >= 0.6 is 0 Å². The summed E-state index contributed by atoms with van der Waals surface area (Å²) in [6.07, 6.45) is 0. The number of hydrogen-bond donors (Lipinski definition) is 1. The van der Waals surface area contributed by atoms with Gasteiger partial charge in [0.25, 0.3) is 15.9 Å². The van der Waals surface area contributed by atoms with Crippen molar-refractivity contribution in [2.24, 2.45) is 0 Å². The third kappa shape index (κ3) is 3.03. The van der Waals surface area contributed by atoms with Gasteiger partial charge in [0.15, 0.2) is 5.76 Å². The van der Waals surface area contributed by atoms with Crippen molar-refractivity contribution >= 4 is 10.0 Å². The van der Waals surface area contributed by atoms with Crippen molar-refractivity contribution in [2.75, 3.05) is 13.7 Å². The minimum atomic E-state index is -3.67. The highest BCUT2D eigenvalue weighted by Gasteiger charge is 2.21. The van der Waals surface area contributed by atoms with Crippen molar-refractivity contribution in [3.05, 3.63) is 36.4 Å². The highest BCUT2D eigenvalue weighted by molar-refractivity contribution is 7.89. The number of furan rings is 1. The maximum atomic E-state index is 11.7. The van der Waals surface area contributed by atoms with Crippen LogP contribution in [0.2, 0.25) is 0 Å². The van der Waals surface area contributed by atoms with Gasteiger partial charge in [-0.3, -0.25) is 0 Å². The van der Waals surface area contributed by atoms with Crippen LogP contribution in [0.15, 0.2) is 50.4 Å². The summed E-state index contributed by atoms with van der Waals surface area (Å²) in [5.41, 5.74) is 0.670. The fourth-order valence-corrected chi connectivity index (χ4v) is 2.69. The molecule has 2 aromatic heterocycles. The van der Waals surface area contributed by atoms with E-state index in [1.54, 1.807) is 12.1 Å². The monoisotopic (exact) mass is 349 g/mol. The zero-order valence-corrected chi connectivity index (χ0v) is 13.8. The van der Waals surface area contributed by atoms with Crippen molar-refractivity contribution in [2.45, 2.75) is 12.0 Å². The molecule has 0 aliphatic heterocycles. The Balaban J connectivity index is 1.95. The lowest BCUT2D eigenvalue weighted by Crippen LogP contribution is -2.17. The predicted octanol–water partition coefficient (Wildman–Crippen LogP) is 2.30. The van der Waals surface area contributed by atoms with Crippen LogP contribution in [0.5, 0.6) is 5.75 Å². The first kappa shape index (κ1) is 16.2. The third-order valence-electron chi connectivity index (χ3n) is 3.18. The van der Waals surface area contributed by atoms with Crippen LogP contribution in [0, 0.1) is 0 Å². The summed E-state index contributed by atoms with van der Waals surface area (Å²) in [6, 6.07) is 10.1. The molecule has 8 nitrogen and oxygen atoms in total. The number of para-hydroxylation sites is 1. The summed E-state index contributed by atoms with van der Waals surface area (Å²) in [5.74, 6) is 1.19. The lowest BCUT2D eigenvalue weighted by Gasteiger charge is -2.05.